The third-order valence-corrected chi connectivity index (χ3v) is 5.49. The predicted octanol–water partition coefficient (Wildman–Crippen LogP) is 3.95. The molecule has 0 fully saturated rings. The van der Waals surface area contributed by atoms with Crippen molar-refractivity contribution in [3.63, 3.8) is 0 Å². The van der Waals surface area contributed by atoms with Crippen molar-refractivity contribution in [1.82, 2.24) is 29.6 Å². The van der Waals surface area contributed by atoms with Gasteiger partial charge >= 0.3 is 0 Å². The minimum Gasteiger partial charge on any atom is -0.348 e. The van der Waals surface area contributed by atoms with E-state index in [1.807, 2.05) is 42.1 Å². The van der Waals surface area contributed by atoms with Gasteiger partial charge in [0.25, 0.3) is 5.91 Å². The van der Waals surface area contributed by atoms with Crippen LogP contribution in [-0.2, 0) is 20.1 Å². The lowest BCUT2D eigenvalue weighted by molar-refractivity contribution is 0.0952. The van der Waals surface area contributed by atoms with E-state index in [0.717, 1.165) is 22.2 Å². The minimum absolute atomic E-state index is 0.242. The molecular weight excluding hydrogens is 419 g/mol. The Labute approximate surface area is 189 Å². The first-order valence-electron chi connectivity index (χ1n) is 10.5. The molecule has 0 aliphatic heterocycles. The van der Waals surface area contributed by atoms with Crippen molar-refractivity contribution in [2.75, 3.05) is 0 Å². The second-order valence-electron chi connectivity index (χ2n) is 7.79. The lowest BCUT2D eigenvalue weighted by atomic mass is 10.1. The molecule has 0 radical (unpaired) electrons. The number of fused-ring (bicyclic) bond motifs is 1. The van der Waals surface area contributed by atoms with Gasteiger partial charge < -0.3 is 9.88 Å². The second-order valence-corrected chi connectivity index (χ2v) is 7.79. The van der Waals surface area contributed by atoms with E-state index < -0.39 is 0 Å². The minimum atomic E-state index is -0.315. The number of pyridine rings is 2. The first-order chi connectivity index (χ1) is 16.1. The number of hydrogen-bond acceptors (Lipinski definition) is 4. The lowest BCUT2D eigenvalue weighted by Crippen LogP contribution is -2.22. The number of amides is 1. The van der Waals surface area contributed by atoms with E-state index in [0.29, 0.717) is 23.2 Å². The number of benzene rings is 1. The average molecular weight is 440 g/mol. The lowest BCUT2D eigenvalue weighted by Gasteiger charge is -2.08. The van der Waals surface area contributed by atoms with Gasteiger partial charge in [-0.2, -0.15) is 5.10 Å². The molecule has 1 N–H and O–H groups in total. The smallest absolute Gasteiger partial charge is 0.255 e. The number of aromatic nitrogens is 5. The van der Waals surface area contributed by atoms with Crippen molar-refractivity contribution in [2.45, 2.75) is 13.1 Å². The fourth-order valence-corrected chi connectivity index (χ4v) is 3.81. The third kappa shape index (κ3) is 4.23. The zero-order valence-corrected chi connectivity index (χ0v) is 17.9. The normalized spacial score (nSPS) is 11.1. The quantitative estimate of drug-likeness (QED) is 0.434. The molecule has 0 aliphatic carbocycles. The second kappa shape index (κ2) is 8.66. The molecule has 0 spiro atoms. The number of aryl methyl sites for hydroxylation is 1. The van der Waals surface area contributed by atoms with Gasteiger partial charge in [0.2, 0.25) is 0 Å². The monoisotopic (exact) mass is 440 g/mol. The van der Waals surface area contributed by atoms with E-state index in [-0.39, 0.29) is 18.3 Å². The van der Waals surface area contributed by atoms with Gasteiger partial charge in [0.05, 0.1) is 23.8 Å². The fourth-order valence-electron chi connectivity index (χ4n) is 3.81. The van der Waals surface area contributed by atoms with Crippen molar-refractivity contribution in [3.05, 3.63) is 102 Å². The molecule has 5 rings (SSSR count). The Morgan fingerprint density at radius 3 is 2.70 bits per heavy atom. The molecule has 1 amide bonds. The summed E-state index contributed by atoms with van der Waals surface area (Å²) in [5.41, 5.74) is 4.82. The van der Waals surface area contributed by atoms with Crippen LogP contribution in [0.1, 0.15) is 21.5 Å². The SMILES string of the molecule is Cn1cc(-c2ccc(Cn3cc(C(=O)NCc4cccnc4)c4ncccc43)c(F)c2)cn1. The Morgan fingerprint density at radius 1 is 1.06 bits per heavy atom. The van der Waals surface area contributed by atoms with Crippen molar-refractivity contribution >= 4 is 16.9 Å². The molecule has 8 heteroatoms. The highest BCUT2D eigenvalue weighted by Crippen LogP contribution is 2.24. The van der Waals surface area contributed by atoms with Gasteiger partial charge in [-0.15, -0.1) is 0 Å². The Hall–Kier alpha value is -4.33. The maximum atomic E-state index is 15.0. The summed E-state index contributed by atoms with van der Waals surface area (Å²) in [7, 11) is 1.82. The standard InChI is InChI=1S/C25H21FN6O/c1-31-14-20(13-30-31)18-6-7-19(22(26)10-18)15-32-16-21(24-23(32)5-3-9-28-24)25(33)29-12-17-4-2-8-27-11-17/h2-11,13-14,16H,12,15H2,1H3,(H,29,33). The summed E-state index contributed by atoms with van der Waals surface area (Å²) in [6, 6.07) is 12.6. The molecule has 0 saturated carbocycles. The Bertz CT molecular complexity index is 1440. The average Bonchev–Trinajstić information content (AvgIpc) is 3.43. The van der Waals surface area contributed by atoms with Crippen LogP contribution >= 0.6 is 0 Å². The van der Waals surface area contributed by atoms with Gasteiger partial charge in [-0.1, -0.05) is 18.2 Å². The molecule has 7 nitrogen and oxygen atoms in total. The van der Waals surface area contributed by atoms with Crippen molar-refractivity contribution in [3.8, 4) is 11.1 Å². The largest absolute Gasteiger partial charge is 0.348 e. The van der Waals surface area contributed by atoms with E-state index in [2.05, 4.69) is 20.4 Å². The summed E-state index contributed by atoms with van der Waals surface area (Å²) >= 11 is 0. The van der Waals surface area contributed by atoms with E-state index in [9.17, 15) is 9.18 Å². The molecule has 4 aromatic heterocycles. The molecule has 1 aromatic carbocycles. The molecule has 0 bridgehead atoms. The fraction of sp³-hybridized carbons (Fsp3) is 0.120. The summed E-state index contributed by atoms with van der Waals surface area (Å²) in [5.74, 6) is -0.557. The van der Waals surface area contributed by atoms with E-state index in [4.69, 9.17) is 0 Å². The van der Waals surface area contributed by atoms with Gasteiger partial charge in [0, 0.05) is 55.7 Å². The summed E-state index contributed by atoms with van der Waals surface area (Å²) in [4.78, 5) is 21.4. The Morgan fingerprint density at radius 2 is 1.94 bits per heavy atom. The maximum absolute atomic E-state index is 15.0. The topological polar surface area (TPSA) is 77.6 Å². The van der Waals surface area contributed by atoms with Gasteiger partial charge in [-0.05, 0) is 35.4 Å². The number of carbonyl (C=O) groups is 1. The number of halogens is 1. The van der Waals surface area contributed by atoms with Gasteiger partial charge in [-0.3, -0.25) is 19.4 Å². The van der Waals surface area contributed by atoms with Crippen LogP contribution in [0.4, 0.5) is 4.39 Å². The van der Waals surface area contributed by atoms with Crippen LogP contribution in [0, 0.1) is 5.82 Å². The molecule has 164 valence electrons. The number of nitrogens with zero attached hydrogens (tertiary/aromatic N) is 5. The molecule has 33 heavy (non-hydrogen) atoms. The zero-order valence-electron chi connectivity index (χ0n) is 17.9. The summed E-state index contributed by atoms with van der Waals surface area (Å²) in [5, 5.41) is 7.05. The van der Waals surface area contributed by atoms with Crippen LogP contribution in [0.5, 0.6) is 0 Å². The third-order valence-electron chi connectivity index (χ3n) is 5.49. The highest BCUT2D eigenvalue weighted by Gasteiger charge is 2.17. The summed E-state index contributed by atoms with van der Waals surface area (Å²) in [6.45, 7) is 0.633. The van der Waals surface area contributed by atoms with Crippen LogP contribution in [0.2, 0.25) is 0 Å². The first-order valence-corrected chi connectivity index (χ1v) is 10.5. The highest BCUT2D eigenvalue weighted by atomic mass is 19.1. The van der Waals surface area contributed by atoms with E-state index in [1.165, 1.54) is 6.07 Å². The maximum Gasteiger partial charge on any atom is 0.255 e. The van der Waals surface area contributed by atoms with Crippen LogP contribution in [-0.4, -0.2) is 30.2 Å². The van der Waals surface area contributed by atoms with Crippen molar-refractivity contribution in [2.24, 2.45) is 7.05 Å². The molecule has 0 aliphatic rings. The van der Waals surface area contributed by atoms with Gasteiger partial charge in [-0.25, -0.2) is 4.39 Å². The number of nitrogens with one attached hydrogen (secondary N) is 1. The van der Waals surface area contributed by atoms with E-state index in [1.54, 1.807) is 47.8 Å². The van der Waals surface area contributed by atoms with Gasteiger partial charge in [0.1, 0.15) is 11.3 Å². The van der Waals surface area contributed by atoms with E-state index >= 15 is 0 Å². The Kier molecular flexibility index (Phi) is 5.40. The van der Waals surface area contributed by atoms with Crippen LogP contribution < -0.4 is 5.32 Å². The molecule has 0 atom stereocenters. The molecular formula is C25H21FN6O. The zero-order chi connectivity index (χ0) is 22.8. The molecule has 0 unspecified atom stereocenters. The number of rotatable bonds is 6. The van der Waals surface area contributed by atoms with Crippen LogP contribution in [0.25, 0.3) is 22.2 Å². The number of hydrogen-bond donors (Lipinski definition) is 1. The van der Waals surface area contributed by atoms with Crippen LogP contribution in [0.15, 0.2) is 79.6 Å². The molecule has 4 heterocycles. The predicted molar refractivity (Wildman–Crippen MR) is 123 cm³/mol. The first kappa shape index (κ1) is 20.6. The summed E-state index contributed by atoms with van der Waals surface area (Å²) < 4.78 is 18.5. The van der Waals surface area contributed by atoms with Gasteiger partial charge in [0.15, 0.2) is 0 Å². The van der Waals surface area contributed by atoms with Crippen LogP contribution in [0.3, 0.4) is 0 Å². The Balaban J connectivity index is 1.41. The molecule has 0 saturated heterocycles. The molecule has 5 aromatic rings. The van der Waals surface area contributed by atoms with Crippen molar-refractivity contribution < 1.29 is 9.18 Å². The van der Waals surface area contributed by atoms with Crippen molar-refractivity contribution in [1.29, 1.82) is 0 Å². The number of carbonyl (C=O) groups excluding carboxylic acids is 1. The highest BCUT2D eigenvalue weighted by molar-refractivity contribution is 6.05. The summed E-state index contributed by atoms with van der Waals surface area (Å²) in [6.07, 6.45) is 10.3.